The fraction of sp³-hybridized carbons (Fsp3) is 0.333. The summed E-state index contributed by atoms with van der Waals surface area (Å²) in [6.45, 7) is 0.669. The van der Waals surface area contributed by atoms with Gasteiger partial charge in [-0.25, -0.2) is 12.8 Å². The highest BCUT2D eigenvalue weighted by Crippen LogP contribution is 2.31. The molecule has 1 aliphatic rings. The van der Waals surface area contributed by atoms with Gasteiger partial charge >= 0.3 is 0 Å². The zero-order valence-corrected chi connectivity index (χ0v) is 24.9. The summed E-state index contributed by atoms with van der Waals surface area (Å²) in [6.07, 6.45) is 4.82. The molecule has 0 unspecified atom stereocenters. The average Bonchev–Trinajstić information content (AvgIpc) is 2.97. The van der Waals surface area contributed by atoms with E-state index in [1.807, 2.05) is 0 Å². The Kier molecular flexibility index (Phi) is 10.3. The predicted octanol–water partition coefficient (Wildman–Crippen LogP) is 6.19. The number of sulfonamides is 1. The van der Waals surface area contributed by atoms with Crippen molar-refractivity contribution in [3.8, 4) is 0 Å². The molecule has 0 radical (unpaired) electrons. The van der Waals surface area contributed by atoms with Gasteiger partial charge in [-0.05, 0) is 56.2 Å². The van der Waals surface area contributed by atoms with Gasteiger partial charge in [-0.3, -0.25) is 13.9 Å². The van der Waals surface area contributed by atoms with Gasteiger partial charge in [0.2, 0.25) is 11.8 Å². The van der Waals surface area contributed by atoms with Crippen LogP contribution in [0.15, 0.2) is 77.7 Å². The van der Waals surface area contributed by atoms with Crippen molar-refractivity contribution in [1.29, 1.82) is 0 Å². The van der Waals surface area contributed by atoms with Crippen molar-refractivity contribution in [2.45, 2.75) is 62.6 Å². The molecule has 1 N–H and O–H groups in total. The molecule has 0 saturated heterocycles. The molecule has 4 rings (SSSR count). The lowest BCUT2D eigenvalue weighted by Gasteiger charge is -2.33. The molecule has 1 fully saturated rings. The van der Waals surface area contributed by atoms with Crippen LogP contribution in [0.3, 0.4) is 0 Å². The SMILES string of the molecule is C[C@H](C(=O)NC1CCCCC1)N(Cc1ccccc1F)C(=O)CN(c1ccc(Cl)c(Cl)c1)S(=O)(=O)c1ccccc1. The monoisotopic (exact) mass is 619 g/mol. The van der Waals surface area contributed by atoms with Crippen molar-refractivity contribution in [1.82, 2.24) is 10.2 Å². The fourth-order valence-electron chi connectivity index (χ4n) is 4.85. The third-order valence-corrected chi connectivity index (χ3v) is 9.75. The molecule has 11 heteroatoms. The molecular formula is C30H32Cl2FN3O4S. The van der Waals surface area contributed by atoms with Gasteiger partial charge in [-0.1, -0.05) is 78.9 Å². The molecule has 3 aromatic rings. The topological polar surface area (TPSA) is 86.8 Å². The molecule has 1 aliphatic carbocycles. The van der Waals surface area contributed by atoms with Gasteiger partial charge in [-0.15, -0.1) is 0 Å². The van der Waals surface area contributed by atoms with Crippen LogP contribution < -0.4 is 9.62 Å². The minimum absolute atomic E-state index is 0.00437. The van der Waals surface area contributed by atoms with Crippen LogP contribution in [0.1, 0.15) is 44.6 Å². The lowest BCUT2D eigenvalue weighted by atomic mass is 9.95. The molecule has 218 valence electrons. The number of hydrogen-bond acceptors (Lipinski definition) is 4. The number of nitrogens with zero attached hydrogens (tertiary/aromatic N) is 2. The fourth-order valence-corrected chi connectivity index (χ4v) is 6.57. The first-order valence-electron chi connectivity index (χ1n) is 13.4. The summed E-state index contributed by atoms with van der Waals surface area (Å²) in [5.41, 5.74) is 0.312. The Hall–Kier alpha value is -3.14. The molecule has 2 amide bonds. The minimum atomic E-state index is -4.25. The van der Waals surface area contributed by atoms with Crippen LogP contribution in [-0.2, 0) is 26.2 Å². The lowest BCUT2D eigenvalue weighted by Crippen LogP contribution is -2.53. The summed E-state index contributed by atoms with van der Waals surface area (Å²) in [7, 11) is -4.25. The number of amides is 2. The van der Waals surface area contributed by atoms with Crippen LogP contribution in [0.4, 0.5) is 10.1 Å². The summed E-state index contributed by atoms with van der Waals surface area (Å²) in [5.74, 6) is -1.61. The number of carbonyl (C=O) groups excluding carboxylic acids is 2. The molecule has 0 spiro atoms. The number of hydrogen-bond donors (Lipinski definition) is 1. The summed E-state index contributed by atoms with van der Waals surface area (Å²) >= 11 is 12.3. The summed E-state index contributed by atoms with van der Waals surface area (Å²) < 4.78 is 43.2. The average molecular weight is 621 g/mol. The van der Waals surface area contributed by atoms with Gasteiger partial charge in [-0.2, -0.15) is 0 Å². The summed E-state index contributed by atoms with van der Waals surface area (Å²) in [5, 5.41) is 3.34. The van der Waals surface area contributed by atoms with E-state index in [-0.39, 0.29) is 44.7 Å². The Labute approximate surface area is 250 Å². The van der Waals surface area contributed by atoms with Crippen LogP contribution in [0.5, 0.6) is 0 Å². The van der Waals surface area contributed by atoms with Crippen molar-refractivity contribution in [2.75, 3.05) is 10.8 Å². The molecule has 0 aliphatic heterocycles. The maximum absolute atomic E-state index is 14.7. The second-order valence-corrected chi connectivity index (χ2v) is 12.7. The summed E-state index contributed by atoms with van der Waals surface area (Å²) in [4.78, 5) is 28.5. The summed E-state index contributed by atoms with van der Waals surface area (Å²) in [6, 6.07) is 16.9. The first-order valence-corrected chi connectivity index (χ1v) is 15.6. The van der Waals surface area contributed by atoms with Gasteiger partial charge in [0.1, 0.15) is 18.4 Å². The van der Waals surface area contributed by atoms with Crippen LogP contribution in [0.2, 0.25) is 10.0 Å². The number of benzene rings is 3. The Morgan fingerprint density at radius 2 is 1.61 bits per heavy atom. The van der Waals surface area contributed by atoms with Crippen molar-refractivity contribution in [3.63, 3.8) is 0 Å². The Morgan fingerprint density at radius 1 is 0.951 bits per heavy atom. The largest absolute Gasteiger partial charge is 0.352 e. The van der Waals surface area contributed by atoms with Gasteiger partial charge in [0.25, 0.3) is 10.0 Å². The maximum atomic E-state index is 14.7. The highest BCUT2D eigenvalue weighted by molar-refractivity contribution is 7.92. The zero-order chi connectivity index (χ0) is 29.6. The number of halogens is 3. The molecule has 1 atom stereocenters. The molecule has 3 aromatic carbocycles. The Balaban J connectivity index is 1.69. The predicted molar refractivity (Wildman–Crippen MR) is 159 cm³/mol. The minimum Gasteiger partial charge on any atom is -0.352 e. The van der Waals surface area contributed by atoms with Crippen molar-refractivity contribution in [2.24, 2.45) is 0 Å². The highest BCUT2D eigenvalue weighted by Gasteiger charge is 2.33. The van der Waals surface area contributed by atoms with Crippen molar-refractivity contribution < 1.29 is 22.4 Å². The van der Waals surface area contributed by atoms with E-state index < -0.39 is 34.3 Å². The first-order chi connectivity index (χ1) is 19.6. The van der Waals surface area contributed by atoms with Crippen molar-refractivity contribution >= 4 is 50.7 Å². The molecular weight excluding hydrogens is 588 g/mol. The second kappa shape index (κ2) is 13.7. The van der Waals surface area contributed by atoms with E-state index >= 15 is 0 Å². The van der Waals surface area contributed by atoms with Crippen molar-refractivity contribution in [3.05, 3.63) is 94.2 Å². The third kappa shape index (κ3) is 7.58. The zero-order valence-electron chi connectivity index (χ0n) is 22.6. The van der Waals surface area contributed by atoms with E-state index in [1.54, 1.807) is 31.2 Å². The Bertz CT molecular complexity index is 1480. The number of rotatable bonds is 10. The number of carbonyl (C=O) groups is 2. The quantitative estimate of drug-likeness (QED) is 0.293. The van der Waals surface area contributed by atoms with E-state index in [4.69, 9.17) is 23.2 Å². The second-order valence-electron chi connectivity index (χ2n) is 10.1. The van der Waals surface area contributed by atoms with Gasteiger partial charge in [0.05, 0.1) is 20.6 Å². The molecule has 0 bridgehead atoms. The smallest absolute Gasteiger partial charge is 0.264 e. The molecule has 7 nitrogen and oxygen atoms in total. The molecule has 0 heterocycles. The van der Waals surface area contributed by atoms with E-state index in [9.17, 15) is 22.4 Å². The number of anilines is 1. The third-order valence-electron chi connectivity index (χ3n) is 7.22. The highest BCUT2D eigenvalue weighted by atomic mass is 35.5. The molecule has 41 heavy (non-hydrogen) atoms. The van der Waals surface area contributed by atoms with E-state index in [0.29, 0.717) is 0 Å². The number of nitrogens with one attached hydrogen (secondary N) is 1. The molecule has 1 saturated carbocycles. The Morgan fingerprint density at radius 3 is 2.27 bits per heavy atom. The van der Waals surface area contributed by atoms with Crippen LogP contribution in [0.25, 0.3) is 0 Å². The standard InChI is InChI=1S/C30H32Cl2FN3O4S/c1-21(30(38)34-23-11-4-2-5-12-23)35(19-22-10-8-9-15-28(22)33)29(37)20-36(24-16-17-26(31)27(32)18-24)41(39,40)25-13-6-3-7-14-25/h3,6-10,13-18,21,23H,2,4-5,11-12,19-20H2,1H3,(H,34,38)/t21-/m1/s1. The first kappa shape index (κ1) is 30.8. The van der Waals surface area contributed by atoms with Gasteiger partial charge < -0.3 is 10.2 Å². The molecule has 0 aromatic heterocycles. The normalized spacial score (nSPS) is 14.7. The van der Waals surface area contributed by atoms with Gasteiger partial charge in [0, 0.05) is 18.2 Å². The van der Waals surface area contributed by atoms with Crippen LogP contribution in [-0.4, -0.2) is 43.8 Å². The van der Waals surface area contributed by atoms with Crippen LogP contribution >= 0.6 is 23.2 Å². The van der Waals surface area contributed by atoms with E-state index in [1.165, 1.54) is 53.4 Å². The van der Waals surface area contributed by atoms with E-state index in [0.717, 1.165) is 36.4 Å². The van der Waals surface area contributed by atoms with Gasteiger partial charge in [0.15, 0.2) is 0 Å². The van der Waals surface area contributed by atoms with E-state index in [2.05, 4.69) is 5.32 Å². The lowest BCUT2D eigenvalue weighted by molar-refractivity contribution is -0.139. The maximum Gasteiger partial charge on any atom is 0.264 e. The van der Waals surface area contributed by atoms with Crippen LogP contribution in [0, 0.1) is 5.82 Å².